The van der Waals surface area contributed by atoms with E-state index in [4.69, 9.17) is 21.8 Å². The number of halogens is 1. The summed E-state index contributed by atoms with van der Waals surface area (Å²) in [6.07, 6.45) is 4.04. The second-order valence-corrected chi connectivity index (χ2v) is 3.22. The van der Waals surface area contributed by atoms with Crippen molar-refractivity contribution < 1.29 is 4.42 Å². The Bertz CT molecular complexity index is 450. The predicted octanol–water partition coefficient (Wildman–Crippen LogP) is 2.63. The van der Waals surface area contributed by atoms with Crippen LogP contribution in [0.5, 0.6) is 0 Å². The van der Waals surface area contributed by atoms with Crippen molar-refractivity contribution in [3.63, 3.8) is 0 Å². The number of furan rings is 1. The Balaban J connectivity index is 2.87. The minimum atomic E-state index is 0.477. The molecule has 2 N–H and O–H groups in total. The van der Waals surface area contributed by atoms with E-state index in [1.807, 2.05) is 6.92 Å². The van der Waals surface area contributed by atoms with E-state index in [9.17, 15) is 0 Å². The van der Waals surface area contributed by atoms with Gasteiger partial charge in [-0.15, -0.1) is 0 Å². The van der Waals surface area contributed by atoms with Gasteiger partial charge in [-0.3, -0.25) is 0 Å². The number of anilines is 1. The summed E-state index contributed by atoms with van der Waals surface area (Å²) in [5.41, 5.74) is 7.39. The second-order valence-electron chi connectivity index (χ2n) is 2.81. The molecule has 0 spiro atoms. The van der Waals surface area contributed by atoms with Crippen molar-refractivity contribution in [2.45, 2.75) is 13.3 Å². The Morgan fingerprint density at radius 3 is 3.08 bits per heavy atom. The highest BCUT2D eigenvalue weighted by Gasteiger charge is 2.11. The maximum atomic E-state index is 5.89. The number of nitrogen functional groups attached to an aromatic ring is 1. The zero-order valence-electron chi connectivity index (χ0n) is 7.17. The first-order chi connectivity index (χ1) is 6.24. The largest absolute Gasteiger partial charge is 0.462 e. The zero-order chi connectivity index (χ0) is 9.42. The molecule has 0 fully saturated rings. The summed E-state index contributed by atoms with van der Waals surface area (Å²) in [6, 6.07) is 0. The fourth-order valence-electron chi connectivity index (χ4n) is 1.36. The fourth-order valence-corrected chi connectivity index (χ4v) is 1.55. The SMILES string of the molecule is CCc1coc2c(Cl)cnc(N)c12. The summed E-state index contributed by atoms with van der Waals surface area (Å²) in [6.45, 7) is 2.03. The molecule has 68 valence electrons. The molecule has 0 radical (unpaired) electrons. The molecule has 2 heterocycles. The third kappa shape index (κ3) is 1.16. The van der Waals surface area contributed by atoms with Gasteiger partial charge in [-0.2, -0.15) is 0 Å². The van der Waals surface area contributed by atoms with Crippen molar-refractivity contribution in [1.29, 1.82) is 0 Å². The van der Waals surface area contributed by atoms with E-state index < -0.39 is 0 Å². The summed E-state index contributed by atoms with van der Waals surface area (Å²) < 4.78 is 5.30. The van der Waals surface area contributed by atoms with Crippen LogP contribution in [0.25, 0.3) is 11.0 Å². The number of nitrogens with two attached hydrogens (primary N) is 1. The Hall–Kier alpha value is -1.22. The number of hydrogen-bond donors (Lipinski definition) is 1. The first-order valence-corrected chi connectivity index (χ1v) is 4.42. The lowest BCUT2D eigenvalue weighted by Gasteiger charge is -1.97. The van der Waals surface area contributed by atoms with E-state index in [2.05, 4.69) is 4.98 Å². The standard InChI is InChI=1S/C9H9ClN2O/c1-2-5-4-13-8-6(10)3-12-9(11)7(5)8/h3-4H,2H2,1H3,(H2,11,12). The molecule has 0 amide bonds. The number of aryl methyl sites for hydroxylation is 1. The van der Waals surface area contributed by atoms with Gasteiger partial charge in [-0.25, -0.2) is 4.98 Å². The number of nitrogens with zero attached hydrogens (tertiary/aromatic N) is 1. The number of pyridine rings is 1. The van der Waals surface area contributed by atoms with Crippen molar-refractivity contribution in [2.24, 2.45) is 0 Å². The predicted molar refractivity (Wildman–Crippen MR) is 52.8 cm³/mol. The minimum absolute atomic E-state index is 0.477. The molecule has 0 aliphatic heterocycles. The van der Waals surface area contributed by atoms with Gasteiger partial charge in [0.1, 0.15) is 10.8 Å². The molecular weight excluding hydrogens is 188 g/mol. The molecule has 3 nitrogen and oxygen atoms in total. The molecule has 4 heteroatoms. The van der Waals surface area contributed by atoms with Gasteiger partial charge in [-0.05, 0) is 6.42 Å². The van der Waals surface area contributed by atoms with Crippen molar-refractivity contribution in [3.05, 3.63) is 23.0 Å². The van der Waals surface area contributed by atoms with Gasteiger partial charge in [0.15, 0.2) is 5.58 Å². The molecule has 0 aliphatic carbocycles. The van der Waals surface area contributed by atoms with Crippen LogP contribution >= 0.6 is 11.6 Å². The summed E-state index contributed by atoms with van der Waals surface area (Å²) in [5.74, 6) is 0.477. The molecule has 0 aliphatic rings. The maximum absolute atomic E-state index is 5.89. The third-order valence-corrected chi connectivity index (χ3v) is 2.31. The Morgan fingerprint density at radius 2 is 2.38 bits per heavy atom. The van der Waals surface area contributed by atoms with Crippen LogP contribution in [0.3, 0.4) is 0 Å². The Morgan fingerprint density at radius 1 is 1.62 bits per heavy atom. The van der Waals surface area contributed by atoms with Crippen molar-refractivity contribution in [3.8, 4) is 0 Å². The summed E-state index contributed by atoms with van der Waals surface area (Å²) >= 11 is 5.89. The molecule has 2 aromatic rings. The average molecular weight is 197 g/mol. The molecule has 0 aromatic carbocycles. The molecule has 2 aromatic heterocycles. The van der Waals surface area contributed by atoms with Crippen LogP contribution in [-0.4, -0.2) is 4.98 Å². The van der Waals surface area contributed by atoms with E-state index >= 15 is 0 Å². The molecule has 0 saturated heterocycles. The first-order valence-electron chi connectivity index (χ1n) is 4.04. The van der Waals surface area contributed by atoms with Gasteiger partial charge in [-0.1, -0.05) is 18.5 Å². The molecule has 0 saturated carbocycles. The molecule has 0 unspecified atom stereocenters. The molecule has 2 rings (SSSR count). The second kappa shape index (κ2) is 2.92. The van der Waals surface area contributed by atoms with Crippen LogP contribution in [0.1, 0.15) is 12.5 Å². The molecule has 13 heavy (non-hydrogen) atoms. The Labute approximate surface area is 80.5 Å². The number of rotatable bonds is 1. The van der Waals surface area contributed by atoms with E-state index in [1.165, 1.54) is 6.20 Å². The highest BCUT2D eigenvalue weighted by atomic mass is 35.5. The van der Waals surface area contributed by atoms with Crippen molar-refractivity contribution >= 4 is 28.4 Å². The van der Waals surface area contributed by atoms with Crippen molar-refractivity contribution in [2.75, 3.05) is 5.73 Å². The normalized spacial score (nSPS) is 10.9. The first kappa shape index (κ1) is 8.38. The highest BCUT2D eigenvalue weighted by Crippen LogP contribution is 2.30. The number of fused-ring (bicyclic) bond motifs is 1. The summed E-state index contributed by atoms with van der Waals surface area (Å²) in [7, 11) is 0. The van der Waals surface area contributed by atoms with Gasteiger partial charge in [0, 0.05) is 5.56 Å². The van der Waals surface area contributed by atoms with Gasteiger partial charge in [0.2, 0.25) is 0 Å². The topological polar surface area (TPSA) is 52.0 Å². The third-order valence-electron chi connectivity index (χ3n) is 2.04. The lowest BCUT2D eigenvalue weighted by molar-refractivity contribution is 0.611. The van der Waals surface area contributed by atoms with Crippen molar-refractivity contribution in [1.82, 2.24) is 4.98 Å². The van der Waals surface area contributed by atoms with Gasteiger partial charge >= 0.3 is 0 Å². The smallest absolute Gasteiger partial charge is 0.158 e. The Kier molecular flexibility index (Phi) is 1.88. The lowest BCUT2D eigenvalue weighted by Crippen LogP contribution is -1.91. The minimum Gasteiger partial charge on any atom is -0.462 e. The average Bonchev–Trinajstić information content (AvgIpc) is 2.56. The van der Waals surface area contributed by atoms with Gasteiger partial charge in [0.05, 0.1) is 17.8 Å². The van der Waals surface area contributed by atoms with Crippen LogP contribution < -0.4 is 5.73 Å². The zero-order valence-corrected chi connectivity index (χ0v) is 7.93. The van der Waals surface area contributed by atoms with Gasteiger partial charge < -0.3 is 10.2 Å². The van der Waals surface area contributed by atoms with Crippen LogP contribution in [0.4, 0.5) is 5.82 Å². The van der Waals surface area contributed by atoms with E-state index in [-0.39, 0.29) is 0 Å². The van der Waals surface area contributed by atoms with Crippen LogP contribution in [0.2, 0.25) is 5.02 Å². The van der Waals surface area contributed by atoms with Crippen LogP contribution in [0, 0.1) is 0 Å². The maximum Gasteiger partial charge on any atom is 0.158 e. The fraction of sp³-hybridized carbons (Fsp3) is 0.222. The van der Waals surface area contributed by atoms with Gasteiger partial charge in [0.25, 0.3) is 0 Å². The molecular formula is C9H9ClN2O. The van der Waals surface area contributed by atoms with E-state index in [1.54, 1.807) is 6.26 Å². The van der Waals surface area contributed by atoms with Crippen LogP contribution in [-0.2, 0) is 6.42 Å². The lowest BCUT2D eigenvalue weighted by atomic mass is 10.1. The summed E-state index contributed by atoms with van der Waals surface area (Å²) in [4.78, 5) is 3.97. The number of hydrogen-bond acceptors (Lipinski definition) is 3. The quantitative estimate of drug-likeness (QED) is 0.763. The monoisotopic (exact) mass is 196 g/mol. The van der Waals surface area contributed by atoms with E-state index in [0.29, 0.717) is 16.4 Å². The highest BCUT2D eigenvalue weighted by molar-refractivity contribution is 6.35. The number of aromatic nitrogens is 1. The molecule has 0 bridgehead atoms. The van der Waals surface area contributed by atoms with E-state index in [0.717, 1.165) is 17.4 Å². The summed E-state index contributed by atoms with van der Waals surface area (Å²) in [5, 5.41) is 1.35. The van der Waals surface area contributed by atoms with Crippen LogP contribution in [0.15, 0.2) is 16.9 Å². The molecule has 0 atom stereocenters.